The molecule has 0 aliphatic rings. The van der Waals surface area contributed by atoms with Crippen LogP contribution in [-0.4, -0.2) is 24.5 Å². The van der Waals surface area contributed by atoms with Gasteiger partial charge in [0.25, 0.3) is 0 Å². The van der Waals surface area contributed by atoms with E-state index in [-0.39, 0.29) is 12.6 Å². The second-order valence-corrected chi connectivity index (χ2v) is 4.37. The fourth-order valence-electron chi connectivity index (χ4n) is 1.58. The van der Waals surface area contributed by atoms with Crippen LogP contribution in [0.15, 0.2) is 24.3 Å². The number of rotatable bonds is 5. The third-order valence-electron chi connectivity index (χ3n) is 2.76. The molecule has 1 amide bonds. The maximum Gasteiger partial charge on any atom is 0.332 e. The number of benzene rings is 1. The maximum atomic E-state index is 11.8. The van der Waals surface area contributed by atoms with Gasteiger partial charge in [0.05, 0.1) is 12.6 Å². The molecule has 5 nitrogen and oxygen atoms in total. The van der Waals surface area contributed by atoms with Crippen molar-refractivity contribution >= 4 is 11.9 Å². The predicted octanol–water partition coefficient (Wildman–Crippen LogP) is 1.06. The molecule has 0 fully saturated rings. The van der Waals surface area contributed by atoms with E-state index in [0.717, 1.165) is 11.1 Å². The average Bonchev–Trinajstić information content (AvgIpc) is 2.38. The highest BCUT2D eigenvalue weighted by Gasteiger charge is 2.24. The van der Waals surface area contributed by atoms with Crippen molar-refractivity contribution in [3.8, 4) is 0 Å². The summed E-state index contributed by atoms with van der Waals surface area (Å²) in [6.07, 6.45) is 0. The normalized spacial score (nSPS) is 13.5. The van der Waals surface area contributed by atoms with Crippen LogP contribution in [0.5, 0.6) is 0 Å². The van der Waals surface area contributed by atoms with Crippen LogP contribution >= 0.6 is 0 Å². The van der Waals surface area contributed by atoms with Gasteiger partial charge < -0.3 is 15.8 Å². The summed E-state index contributed by atoms with van der Waals surface area (Å²) in [4.78, 5) is 23.1. The molecule has 2 atom stereocenters. The molecule has 0 saturated carbocycles. The molecule has 104 valence electrons. The predicted molar refractivity (Wildman–Crippen MR) is 72.3 cm³/mol. The van der Waals surface area contributed by atoms with Crippen LogP contribution in [-0.2, 0) is 14.3 Å². The van der Waals surface area contributed by atoms with Gasteiger partial charge in [-0.15, -0.1) is 0 Å². The minimum absolute atomic E-state index is 0.202. The molecule has 1 aromatic rings. The Bertz CT molecular complexity index is 443. The van der Waals surface area contributed by atoms with E-state index < -0.39 is 17.9 Å². The summed E-state index contributed by atoms with van der Waals surface area (Å²) in [5.74, 6) is -1.25. The molecule has 0 aliphatic carbocycles. The lowest BCUT2D eigenvalue weighted by Crippen LogP contribution is -2.47. The first-order valence-corrected chi connectivity index (χ1v) is 6.24. The quantitative estimate of drug-likeness (QED) is 0.615. The van der Waals surface area contributed by atoms with E-state index in [4.69, 9.17) is 10.5 Å². The molecule has 0 spiro atoms. The Kier molecular flexibility index (Phi) is 5.51. The first kappa shape index (κ1) is 15.2. The molecule has 1 rings (SSSR count). The van der Waals surface area contributed by atoms with Gasteiger partial charge in [0.2, 0.25) is 5.91 Å². The van der Waals surface area contributed by atoms with Crippen molar-refractivity contribution in [2.45, 2.75) is 32.9 Å². The molecule has 0 aliphatic heterocycles. The highest BCUT2D eigenvalue weighted by Crippen LogP contribution is 2.13. The van der Waals surface area contributed by atoms with Crippen molar-refractivity contribution in [3.63, 3.8) is 0 Å². The summed E-state index contributed by atoms with van der Waals surface area (Å²) >= 11 is 0. The Balaban J connectivity index is 2.61. The van der Waals surface area contributed by atoms with Gasteiger partial charge in [0, 0.05) is 0 Å². The van der Waals surface area contributed by atoms with Gasteiger partial charge >= 0.3 is 5.97 Å². The zero-order chi connectivity index (χ0) is 14.4. The second kappa shape index (κ2) is 6.89. The van der Waals surface area contributed by atoms with E-state index in [1.807, 2.05) is 38.1 Å². The van der Waals surface area contributed by atoms with Crippen molar-refractivity contribution in [2.24, 2.45) is 5.73 Å². The first-order chi connectivity index (χ1) is 8.95. The first-order valence-electron chi connectivity index (χ1n) is 6.24. The Morgan fingerprint density at radius 1 is 1.32 bits per heavy atom. The Hall–Kier alpha value is -1.88. The number of hydrogen-bond acceptors (Lipinski definition) is 4. The minimum Gasteiger partial charge on any atom is -0.464 e. The molecule has 1 unspecified atom stereocenters. The van der Waals surface area contributed by atoms with Crippen LogP contribution in [0.3, 0.4) is 0 Å². The van der Waals surface area contributed by atoms with Gasteiger partial charge in [-0.3, -0.25) is 4.79 Å². The number of hydrogen-bond donors (Lipinski definition) is 2. The molecule has 0 bridgehead atoms. The molecular weight excluding hydrogens is 244 g/mol. The fourth-order valence-corrected chi connectivity index (χ4v) is 1.58. The second-order valence-electron chi connectivity index (χ2n) is 4.37. The number of aryl methyl sites for hydroxylation is 1. The molecule has 0 radical (unpaired) electrons. The Labute approximate surface area is 113 Å². The van der Waals surface area contributed by atoms with Gasteiger partial charge in [-0.1, -0.05) is 29.8 Å². The molecule has 0 saturated heterocycles. The van der Waals surface area contributed by atoms with Gasteiger partial charge in [0.15, 0.2) is 6.04 Å². The highest BCUT2D eigenvalue weighted by molar-refractivity contribution is 6.01. The van der Waals surface area contributed by atoms with Crippen molar-refractivity contribution in [1.29, 1.82) is 0 Å². The van der Waals surface area contributed by atoms with E-state index in [0.29, 0.717) is 0 Å². The van der Waals surface area contributed by atoms with E-state index in [2.05, 4.69) is 5.32 Å². The fraction of sp³-hybridized carbons (Fsp3) is 0.429. The highest BCUT2D eigenvalue weighted by atomic mass is 16.5. The summed E-state index contributed by atoms with van der Waals surface area (Å²) in [7, 11) is 0. The van der Waals surface area contributed by atoms with Crippen molar-refractivity contribution in [1.82, 2.24) is 5.32 Å². The molecule has 0 heterocycles. The van der Waals surface area contributed by atoms with E-state index in [1.54, 1.807) is 6.92 Å². The van der Waals surface area contributed by atoms with Gasteiger partial charge in [-0.05, 0) is 26.3 Å². The van der Waals surface area contributed by atoms with Gasteiger partial charge in [-0.2, -0.15) is 0 Å². The van der Waals surface area contributed by atoms with Crippen molar-refractivity contribution in [3.05, 3.63) is 35.4 Å². The number of ether oxygens (including phenoxy) is 1. The topological polar surface area (TPSA) is 81.4 Å². The Morgan fingerprint density at radius 2 is 1.89 bits per heavy atom. The summed E-state index contributed by atoms with van der Waals surface area (Å²) in [6.45, 7) is 5.69. The lowest BCUT2D eigenvalue weighted by molar-refractivity contribution is -0.148. The number of esters is 1. The number of nitrogens with two attached hydrogens (primary N) is 1. The van der Waals surface area contributed by atoms with Crippen LogP contribution in [0, 0.1) is 6.92 Å². The van der Waals surface area contributed by atoms with Gasteiger partial charge in [-0.25, -0.2) is 4.79 Å². The molecular formula is C14H20N2O3. The van der Waals surface area contributed by atoms with Crippen molar-refractivity contribution < 1.29 is 14.3 Å². The number of carbonyl (C=O) groups excluding carboxylic acids is 2. The largest absolute Gasteiger partial charge is 0.464 e. The lowest BCUT2D eigenvalue weighted by atomic mass is 10.1. The van der Waals surface area contributed by atoms with Crippen LogP contribution in [0.4, 0.5) is 0 Å². The van der Waals surface area contributed by atoms with Crippen LogP contribution in [0.1, 0.15) is 31.0 Å². The smallest absolute Gasteiger partial charge is 0.332 e. The SMILES string of the molecule is CCOC(=O)C(N)C(=O)N[C@H](C)c1ccc(C)cc1. The van der Waals surface area contributed by atoms with Gasteiger partial charge in [0.1, 0.15) is 0 Å². The van der Waals surface area contributed by atoms with Crippen LogP contribution in [0.2, 0.25) is 0 Å². The number of amides is 1. The Morgan fingerprint density at radius 3 is 2.42 bits per heavy atom. The molecule has 5 heteroatoms. The van der Waals surface area contributed by atoms with E-state index in [9.17, 15) is 9.59 Å². The standard InChI is InChI=1S/C14H20N2O3/c1-4-19-14(18)12(15)13(17)16-10(3)11-7-5-9(2)6-8-11/h5-8,10,12H,4,15H2,1-3H3,(H,16,17)/t10-,12?/m1/s1. The van der Waals surface area contributed by atoms with Crippen LogP contribution < -0.4 is 11.1 Å². The average molecular weight is 264 g/mol. The zero-order valence-electron chi connectivity index (χ0n) is 11.5. The zero-order valence-corrected chi connectivity index (χ0v) is 11.5. The summed E-state index contributed by atoms with van der Waals surface area (Å²) in [6, 6.07) is 6.28. The maximum absolute atomic E-state index is 11.8. The number of nitrogens with one attached hydrogen (secondary N) is 1. The van der Waals surface area contributed by atoms with Crippen LogP contribution in [0.25, 0.3) is 0 Å². The molecule has 0 aromatic heterocycles. The minimum atomic E-state index is -1.28. The number of carbonyl (C=O) groups is 2. The summed E-state index contributed by atoms with van der Waals surface area (Å²) in [5.41, 5.74) is 7.61. The van der Waals surface area contributed by atoms with E-state index >= 15 is 0 Å². The lowest BCUT2D eigenvalue weighted by Gasteiger charge is -2.17. The molecule has 1 aromatic carbocycles. The summed E-state index contributed by atoms with van der Waals surface area (Å²) < 4.78 is 4.70. The molecule has 3 N–H and O–H groups in total. The summed E-state index contributed by atoms with van der Waals surface area (Å²) in [5, 5.41) is 2.69. The monoisotopic (exact) mass is 264 g/mol. The van der Waals surface area contributed by atoms with Crippen molar-refractivity contribution in [2.75, 3.05) is 6.61 Å². The third kappa shape index (κ3) is 4.37. The molecule has 19 heavy (non-hydrogen) atoms. The third-order valence-corrected chi connectivity index (χ3v) is 2.76. The van der Waals surface area contributed by atoms with E-state index in [1.165, 1.54) is 0 Å².